The Kier molecular flexibility index (Phi) is 6.20. The van der Waals surface area contributed by atoms with E-state index in [1.165, 1.54) is 18.6 Å². The van der Waals surface area contributed by atoms with Crippen LogP contribution in [-0.4, -0.2) is 71.9 Å². The van der Waals surface area contributed by atoms with E-state index in [-0.39, 0.29) is 17.2 Å². The molecule has 1 unspecified atom stereocenters. The summed E-state index contributed by atoms with van der Waals surface area (Å²) in [6.07, 6.45) is 7.16. The number of nitrogens with one attached hydrogen (secondary N) is 3. The molecule has 2 aliphatic heterocycles. The van der Waals surface area contributed by atoms with Gasteiger partial charge in [-0.1, -0.05) is 0 Å². The third-order valence-corrected chi connectivity index (χ3v) is 4.95. The number of hydrogen-bond donors (Lipinski definition) is 3. The third-order valence-electron chi connectivity index (χ3n) is 4.95. The van der Waals surface area contributed by atoms with E-state index in [1.54, 1.807) is 0 Å². The lowest BCUT2D eigenvalue weighted by Crippen LogP contribution is -2.51. The van der Waals surface area contributed by atoms with Crippen molar-refractivity contribution in [2.24, 2.45) is 10.4 Å². The highest BCUT2D eigenvalue weighted by atomic mass is 16.2. The molecule has 9 heteroatoms. The van der Waals surface area contributed by atoms with Crippen molar-refractivity contribution in [2.75, 3.05) is 39.3 Å². The van der Waals surface area contributed by atoms with Gasteiger partial charge in [-0.25, -0.2) is 4.98 Å². The standard InChI is InChI=1S/C18H27N7O2/c1-2-20-17(23-8-7-22-16(27)14-11-19-5-6-21-14)25-9-3-4-18(13-25)10-15(26)24-12-18/h5-6,11H,2-4,7-10,12-13H2,1H3,(H,20,23)(H,22,27)(H,24,26). The van der Waals surface area contributed by atoms with Crippen LogP contribution in [0, 0.1) is 5.41 Å². The van der Waals surface area contributed by atoms with Crippen LogP contribution in [0.15, 0.2) is 23.6 Å². The van der Waals surface area contributed by atoms with E-state index >= 15 is 0 Å². The largest absolute Gasteiger partial charge is 0.357 e. The van der Waals surface area contributed by atoms with E-state index in [9.17, 15) is 9.59 Å². The summed E-state index contributed by atoms with van der Waals surface area (Å²) in [5.74, 6) is 0.728. The van der Waals surface area contributed by atoms with Gasteiger partial charge in [-0.15, -0.1) is 0 Å². The zero-order valence-corrected chi connectivity index (χ0v) is 15.7. The summed E-state index contributed by atoms with van der Waals surface area (Å²) in [5.41, 5.74) is 0.316. The summed E-state index contributed by atoms with van der Waals surface area (Å²) in [7, 11) is 0. The maximum absolute atomic E-state index is 12.0. The van der Waals surface area contributed by atoms with Gasteiger partial charge in [0, 0.05) is 57.0 Å². The molecule has 0 aliphatic carbocycles. The number of hydrogen-bond acceptors (Lipinski definition) is 5. The molecule has 3 heterocycles. The molecule has 0 saturated carbocycles. The monoisotopic (exact) mass is 373 g/mol. The lowest BCUT2D eigenvalue weighted by atomic mass is 9.79. The average molecular weight is 373 g/mol. The minimum atomic E-state index is -0.254. The van der Waals surface area contributed by atoms with Crippen LogP contribution in [0.2, 0.25) is 0 Å². The van der Waals surface area contributed by atoms with Gasteiger partial charge in [0.05, 0.1) is 12.7 Å². The second kappa shape index (κ2) is 8.79. The van der Waals surface area contributed by atoms with Gasteiger partial charge < -0.3 is 20.9 Å². The van der Waals surface area contributed by atoms with E-state index in [1.807, 2.05) is 6.92 Å². The van der Waals surface area contributed by atoms with Crippen molar-refractivity contribution in [3.63, 3.8) is 0 Å². The minimum absolute atomic E-state index is 0.0196. The number of carbonyl (C=O) groups is 2. The maximum atomic E-state index is 12.0. The Hall–Kier alpha value is -2.71. The van der Waals surface area contributed by atoms with E-state index in [4.69, 9.17) is 0 Å². The fourth-order valence-corrected chi connectivity index (χ4v) is 3.69. The van der Waals surface area contributed by atoms with Gasteiger partial charge in [-0.2, -0.15) is 0 Å². The Morgan fingerprint density at radius 1 is 1.41 bits per heavy atom. The predicted octanol–water partition coefficient (Wildman–Crippen LogP) is -0.226. The Labute approximate surface area is 159 Å². The van der Waals surface area contributed by atoms with Crippen LogP contribution in [-0.2, 0) is 4.79 Å². The van der Waals surface area contributed by atoms with Gasteiger partial charge in [-0.05, 0) is 19.8 Å². The SMILES string of the molecule is CCNC(=NCCNC(=O)c1cnccn1)N1CCCC2(CNC(=O)C2)C1. The molecule has 0 aromatic carbocycles. The molecule has 2 saturated heterocycles. The van der Waals surface area contributed by atoms with E-state index < -0.39 is 0 Å². The molecule has 146 valence electrons. The molecular formula is C18H27N7O2. The Balaban J connectivity index is 1.54. The van der Waals surface area contributed by atoms with Gasteiger partial charge in [0.25, 0.3) is 5.91 Å². The van der Waals surface area contributed by atoms with Gasteiger partial charge in [-0.3, -0.25) is 19.6 Å². The minimum Gasteiger partial charge on any atom is -0.357 e. The topological polar surface area (TPSA) is 112 Å². The van der Waals surface area contributed by atoms with E-state index in [2.05, 4.69) is 35.8 Å². The molecule has 1 aromatic rings. The first-order chi connectivity index (χ1) is 13.1. The molecule has 27 heavy (non-hydrogen) atoms. The smallest absolute Gasteiger partial charge is 0.271 e. The lowest BCUT2D eigenvalue weighted by Gasteiger charge is -2.40. The second-order valence-electron chi connectivity index (χ2n) is 7.06. The van der Waals surface area contributed by atoms with Gasteiger partial charge in [0.1, 0.15) is 5.69 Å². The highest BCUT2D eigenvalue weighted by molar-refractivity contribution is 5.91. The van der Waals surface area contributed by atoms with Crippen LogP contribution < -0.4 is 16.0 Å². The van der Waals surface area contributed by atoms with Crippen molar-refractivity contribution in [1.82, 2.24) is 30.8 Å². The Morgan fingerprint density at radius 3 is 3.00 bits per heavy atom. The van der Waals surface area contributed by atoms with Crippen molar-refractivity contribution in [2.45, 2.75) is 26.2 Å². The van der Waals surface area contributed by atoms with Crippen molar-refractivity contribution < 1.29 is 9.59 Å². The molecule has 9 nitrogen and oxygen atoms in total. The summed E-state index contributed by atoms with van der Waals surface area (Å²) in [6, 6.07) is 0. The highest BCUT2D eigenvalue weighted by Gasteiger charge is 2.42. The van der Waals surface area contributed by atoms with Crippen molar-refractivity contribution in [3.05, 3.63) is 24.3 Å². The molecule has 3 rings (SSSR count). The molecule has 2 amide bonds. The Morgan fingerprint density at radius 2 is 2.30 bits per heavy atom. The summed E-state index contributed by atoms with van der Waals surface area (Å²) in [4.78, 5) is 38.4. The summed E-state index contributed by atoms with van der Waals surface area (Å²) in [5, 5.41) is 9.10. The number of rotatable bonds is 5. The van der Waals surface area contributed by atoms with Crippen LogP contribution in [0.5, 0.6) is 0 Å². The molecule has 1 atom stereocenters. The van der Waals surface area contributed by atoms with Crippen LogP contribution >= 0.6 is 0 Å². The van der Waals surface area contributed by atoms with E-state index in [0.717, 1.165) is 45.0 Å². The first-order valence-electron chi connectivity index (χ1n) is 9.46. The second-order valence-corrected chi connectivity index (χ2v) is 7.06. The third kappa shape index (κ3) is 4.93. The van der Waals surface area contributed by atoms with Gasteiger partial charge in [0.2, 0.25) is 5.91 Å². The van der Waals surface area contributed by atoms with Crippen molar-refractivity contribution in [1.29, 1.82) is 0 Å². The number of amides is 2. The van der Waals surface area contributed by atoms with Crippen LogP contribution in [0.4, 0.5) is 0 Å². The molecule has 1 aromatic heterocycles. The predicted molar refractivity (Wildman–Crippen MR) is 101 cm³/mol. The van der Waals surface area contributed by atoms with Crippen LogP contribution in [0.1, 0.15) is 36.7 Å². The molecule has 0 radical (unpaired) electrons. The zero-order chi connectivity index (χ0) is 19.1. The number of guanidine groups is 1. The van der Waals surface area contributed by atoms with Crippen LogP contribution in [0.3, 0.4) is 0 Å². The maximum Gasteiger partial charge on any atom is 0.271 e. The zero-order valence-electron chi connectivity index (χ0n) is 15.7. The van der Waals surface area contributed by atoms with Gasteiger partial charge >= 0.3 is 0 Å². The average Bonchev–Trinajstić information content (AvgIpc) is 3.04. The van der Waals surface area contributed by atoms with Gasteiger partial charge in [0.15, 0.2) is 5.96 Å². The van der Waals surface area contributed by atoms with Crippen molar-refractivity contribution in [3.8, 4) is 0 Å². The fraction of sp³-hybridized carbons (Fsp3) is 0.611. The number of aliphatic imine (C=N–C) groups is 1. The highest BCUT2D eigenvalue weighted by Crippen LogP contribution is 2.35. The van der Waals surface area contributed by atoms with Crippen molar-refractivity contribution >= 4 is 17.8 Å². The first kappa shape index (κ1) is 19.1. The fourth-order valence-electron chi connectivity index (χ4n) is 3.69. The molecule has 0 bridgehead atoms. The Bertz CT molecular complexity index is 694. The molecule has 3 N–H and O–H groups in total. The number of piperidine rings is 1. The number of nitrogens with zero attached hydrogens (tertiary/aromatic N) is 4. The molecule has 1 spiro atoms. The van der Waals surface area contributed by atoms with E-state index in [0.29, 0.717) is 25.2 Å². The number of carbonyl (C=O) groups excluding carboxylic acids is 2. The summed E-state index contributed by atoms with van der Waals surface area (Å²) < 4.78 is 0. The first-order valence-corrected chi connectivity index (χ1v) is 9.46. The van der Waals surface area contributed by atoms with Crippen LogP contribution in [0.25, 0.3) is 0 Å². The quantitative estimate of drug-likeness (QED) is 0.374. The number of likely N-dealkylation sites (tertiary alicyclic amines) is 1. The normalized spacial score (nSPS) is 22.6. The lowest BCUT2D eigenvalue weighted by molar-refractivity contribution is -0.119. The molecular weight excluding hydrogens is 346 g/mol. The summed E-state index contributed by atoms with van der Waals surface area (Å²) >= 11 is 0. The summed E-state index contributed by atoms with van der Waals surface area (Å²) in [6.45, 7) is 6.18. The molecule has 2 aliphatic rings. The number of aromatic nitrogens is 2. The molecule has 2 fully saturated rings.